The lowest BCUT2D eigenvalue weighted by Gasteiger charge is -2.14. The van der Waals surface area contributed by atoms with Crippen molar-refractivity contribution in [2.24, 2.45) is 0 Å². The van der Waals surface area contributed by atoms with E-state index in [1.165, 1.54) is 0 Å². The Bertz CT molecular complexity index is 940. The van der Waals surface area contributed by atoms with Gasteiger partial charge in [0.1, 0.15) is 0 Å². The van der Waals surface area contributed by atoms with Crippen molar-refractivity contribution in [3.8, 4) is 0 Å². The lowest BCUT2D eigenvalue weighted by Crippen LogP contribution is -2.15. The van der Waals surface area contributed by atoms with E-state index in [0.29, 0.717) is 33.9 Å². The second-order valence-corrected chi connectivity index (χ2v) is 6.63. The van der Waals surface area contributed by atoms with Crippen LogP contribution in [-0.2, 0) is 0 Å². The average Bonchev–Trinajstić information content (AvgIpc) is 2.66. The van der Waals surface area contributed by atoms with Gasteiger partial charge in [0.2, 0.25) is 0 Å². The zero-order valence-electron chi connectivity index (χ0n) is 15.7. The van der Waals surface area contributed by atoms with Crippen LogP contribution in [0.3, 0.4) is 0 Å². The first-order valence-corrected chi connectivity index (χ1v) is 8.78. The highest BCUT2D eigenvalue weighted by Gasteiger charge is 2.12. The molecule has 6 heteroatoms. The monoisotopic (exact) mass is 374 g/mol. The smallest absolute Gasteiger partial charge is 0.255 e. The minimum Gasteiger partial charge on any atom is -0.399 e. The molecule has 0 unspecified atom stereocenters. The molecule has 0 spiro atoms. The summed E-state index contributed by atoms with van der Waals surface area (Å²) in [5, 5.41) is 5.80. The average molecular weight is 374 g/mol. The molecule has 0 bridgehead atoms. The van der Waals surface area contributed by atoms with Gasteiger partial charge in [-0.05, 0) is 85.6 Å². The van der Waals surface area contributed by atoms with Crippen molar-refractivity contribution < 1.29 is 9.59 Å². The maximum Gasteiger partial charge on any atom is 0.255 e. The van der Waals surface area contributed by atoms with Crippen molar-refractivity contribution in [1.29, 1.82) is 0 Å². The number of nitrogens with one attached hydrogen (secondary N) is 2. The molecule has 142 valence electrons. The number of hydrogen-bond donors (Lipinski definition) is 4. The highest BCUT2D eigenvalue weighted by Crippen LogP contribution is 2.25. The van der Waals surface area contributed by atoms with Crippen LogP contribution in [0.15, 0.2) is 60.7 Å². The van der Waals surface area contributed by atoms with Crippen molar-refractivity contribution in [3.63, 3.8) is 0 Å². The van der Waals surface area contributed by atoms with Crippen molar-refractivity contribution in [1.82, 2.24) is 0 Å². The molecule has 6 nitrogen and oxygen atoms in total. The van der Waals surface area contributed by atoms with Crippen molar-refractivity contribution in [2.45, 2.75) is 13.8 Å². The van der Waals surface area contributed by atoms with Gasteiger partial charge in [0, 0.05) is 33.9 Å². The number of carbonyl (C=O) groups is 2. The lowest BCUT2D eigenvalue weighted by molar-refractivity contribution is 0.101. The number of aryl methyl sites for hydroxylation is 2. The van der Waals surface area contributed by atoms with Crippen LogP contribution in [-0.4, -0.2) is 11.8 Å². The number of carbonyl (C=O) groups excluding carboxylic acids is 2. The molecule has 0 saturated carbocycles. The normalized spacial score (nSPS) is 10.4. The zero-order valence-corrected chi connectivity index (χ0v) is 15.7. The van der Waals surface area contributed by atoms with Gasteiger partial charge in [0.05, 0.1) is 0 Å². The Kier molecular flexibility index (Phi) is 5.31. The van der Waals surface area contributed by atoms with Gasteiger partial charge in [-0.3, -0.25) is 9.59 Å². The van der Waals surface area contributed by atoms with Crippen molar-refractivity contribution in [2.75, 3.05) is 22.1 Å². The van der Waals surface area contributed by atoms with Gasteiger partial charge in [0.15, 0.2) is 0 Å². The molecule has 3 rings (SSSR count). The van der Waals surface area contributed by atoms with E-state index in [1.807, 2.05) is 26.0 Å². The van der Waals surface area contributed by atoms with Gasteiger partial charge in [0.25, 0.3) is 11.8 Å². The van der Waals surface area contributed by atoms with Gasteiger partial charge in [-0.25, -0.2) is 0 Å². The Morgan fingerprint density at radius 2 is 0.964 bits per heavy atom. The van der Waals surface area contributed by atoms with Gasteiger partial charge in [-0.15, -0.1) is 0 Å². The highest BCUT2D eigenvalue weighted by molar-refractivity contribution is 6.06. The van der Waals surface area contributed by atoms with Crippen LogP contribution in [0.4, 0.5) is 22.7 Å². The summed E-state index contributed by atoms with van der Waals surface area (Å²) >= 11 is 0. The fraction of sp³-hybridized carbons (Fsp3) is 0.0909. The number of hydrogen-bond acceptors (Lipinski definition) is 4. The second kappa shape index (κ2) is 7.84. The quantitative estimate of drug-likeness (QED) is 0.518. The van der Waals surface area contributed by atoms with Gasteiger partial charge in [-0.2, -0.15) is 0 Å². The van der Waals surface area contributed by atoms with E-state index in [1.54, 1.807) is 48.5 Å². The van der Waals surface area contributed by atoms with E-state index in [2.05, 4.69) is 10.6 Å². The minimum atomic E-state index is -0.221. The third-order valence-electron chi connectivity index (χ3n) is 4.41. The molecule has 6 N–H and O–H groups in total. The molecule has 0 atom stereocenters. The largest absolute Gasteiger partial charge is 0.399 e. The summed E-state index contributed by atoms with van der Waals surface area (Å²) in [5.74, 6) is -0.442. The van der Waals surface area contributed by atoms with Crippen LogP contribution in [0.25, 0.3) is 0 Å². The van der Waals surface area contributed by atoms with Crippen molar-refractivity contribution >= 4 is 34.6 Å². The molecular formula is C22H22N4O2. The van der Waals surface area contributed by atoms with Crippen LogP contribution in [0.2, 0.25) is 0 Å². The Morgan fingerprint density at radius 1 is 0.643 bits per heavy atom. The molecular weight excluding hydrogens is 352 g/mol. The molecule has 3 aromatic rings. The first-order valence-electron chi connectivity index (χ1n) is 8.78. The Balaban J connectivity index is 1.76. The zero-order chi connectivity index (χ0) is 20.3. The molecule has 0 aliphatic rings. The van der Waals surface area contributed by atoms with E-state index in [0.717, 1.165) is 11.1 Å². The summed E-state index contributed by atoms with van der Waals surface area (Å²) in [4.78, 5) is 24.9. The first-order chi connectivity index (χ1) is 13.3. The van der Waals surface area contributed by atoms with Crippen molar-refractivity contribution in [3.05, 3.63) is 82.9 Å². The van der Waals surface area contributed by atoms with Crippen LogP contribution in [0.5, 0.6) is 0 Å². The molecule has 0 heterocycles. The summed E-state index contributed by atoms with van der Waals surface area (Å²) in [6.45, 7) is 3.74. The predicted octanol–water partition coefficient (Wildman–Crippen LogP) is 3.97. The van der Waals surface area contributed by atoms with Gasteiger partial charge >= 0.3 is 0 Å². The van der Waals surface area contributed by atoms with E-state index in [4.69, 9.17) is 11.5 Å². The first kappa shape index (κ1) is 19.0. The highest BCUT2D eigenvalue weighted by atomic mass is 16.2. The summed E-state index contributed by atoms with van der Waals surface area (Å²) < 4.78 is 0. The number of rotatable bonds is 4. The lowest BCUT2D eigenvalue weighted by atomic mass is 10.1. The molecule has 2 amide bonds. The molecule has 0 aliphatic heterocycles. The Hall–Kier alpha value is -3.80. The maximum atomic E-state index is 12.4. The standard InChI is InChI=1S/C22H22N4O2/c1-13-11-20(26-22(28)16-5-9-18(24)10-6-16)14(2)12-19(13)25-21(27)15-3-7-17(23)8-4-15/h3-12H,23-24H2,1-2H3,(H,25,27)(H,26,28). The molecule has 0 fully saturated rings. The van der Waals surface area contributed by atoms with E-state index >= 15 is 0 Å². The number of nitrogens with two attached hydrogens (primary N) is 2. The Labute approximate surface area is 163 Å². The van der Waals surface area contributed by atoms with E-state index in [9.17, 15) is 9.59 Å². The number of amides is 2. The van der Waals surface area contributed by atoms with Gasteiger partial charge < -0.3 is 22.1 Å². The van der Waals surface area contributed by atoms with Crippen LogP contribution in [0.1, 0.15) is 31.8 Å². The van der Waals surface area contributed by atoms with E-state index < -0.39 is 0 Å². The van der Waals surface area contributed by atoms with E-state index in [-0.39, 0.29) is 11.8 Å². The number of benzene rings is 3. The summed E-state index contributed by atoms with van der Waals surface area (Å²) in [5.41, 5.74) is 16.6. The van der Waals surface area contributed by atoms with Crippen LogP contribution in [0, 0.1) is 13.8 Å². The Morgan fingerprint density at radius 3 is 1.29 bits per heavy atom. The number of anilines is 4. The minimum absolute atomic E-state index is 0.221. The molecule has 3 aromatic carbocycles. The second-order valence-electron chi connectivity index (χ2n) is 6.63. The third-order valence-corrected chi connectivity index (χ3v) is 4.41. The fourth-order valence-electron chi connectivity index (χ4n) is 2.74. The van der Waals surface area contributed by atoms with Gasteiger partial charge in [-0.1, -0.05) is 0 Å². The maximum absolute atomic E-state index is 12.4. The number of nitrogen functional groups attached to an aromatic ring is 2. The summed E-state index contributed by atoms with van der Waals surface area (Å²) in [6.07, 6.45) is 0. The molecule has 0 aliphatic carbocycles. The molecule has 0 aromatic heterocycles. The third kappa shape index (κ3) is 4.29. The summed E-state index contributed by atoms with van der Waals surface area (Å²) in [6, 6.07) is 17.1. The molecule has 0 saturated heterocycles. The summed E-state index contributed by atoms with van der Waals surface area (Å²) in [7, 11) is 0. The van der Waals surface area contributed by atoms with Crippen LogP contribution >= 0.6 is 0 Å². The fourth-order valence-corrected chi connectivity index (χ4v) is 2.74. The topological polar surface area (TPSA) is 110 Å². The molecule has 0 radical (unpaired) electrons. The molecule has 28 heavy (non-hydrogen) atoms. The van der Waals surface area contributed by atoms with Crippen LogP contribution < -0.4 is 22.1 Å². The SMILES string of the molecule is Cc1cc(NC(=O)c2ccc(N)cc2)c(C)cc1NC(=O)c1ccc(N)cc1. The predicted molar refractivity (Wildman–Crippen MR) is 114 cm³/mol.